The van der Waals surface area contributed by atoms with Gasteiger partial charge in [-0.2, -0.15) is 0 Å². The van der Waals surface area contributed by atoms with Crippen molar-refractivity contribution in [3.63, 3.8) is 0 Å². The molecular formula is C15H31NO2. The highest BCUT2D eigenvalue weighted by Gasteiger charge is 2.35. The molecule has 0 amide bonds. The van der Waals surface area contributed by atoms with E-state index < -0.39 is 0 Å². The number of aliphatic hydroxyl groups is 2. The summed E-state index contributed by atoms with van der Waals surface area (Å²) in [6, 6.07) is 0. The fraction of sp³-hybridized carbons (Fsp3) is 1.00. The highest BCUT2D eigenvalue weighted by atomic mass is 16.3. The first-order chi connectivity index (χ1) is 8.62. The Morgan fingerprint density at radius 3 is 2.61 bits per heavy atom. The quantitative estimate of drug-likeness (QED) is 0.656. The molecule has 0 bridgehead atoms. The van der Waals surface area contributed by atoms with Crippen LogP contribution in [0.3, 0.4) is 0 Å². The molecule has 1 saturated carbocycles. The Morgan fingerprint density at radius 2 is 2.00 bits per heavy atom. The van der Waals surface area contributed by atoms with Gasteiger partial charge in [-0.05, 0) is 51.6 Å². The average molecular weight is 257 g/mol. The molecule has 0 aromatic heterocycles. The lowest BCUT2D eigenvalue weighted by molar-refractivity contribution is 0.0305. The van der Waals surface area contributed by atoms with Gasteiger partial charge in [0.25, 0.3) is 0 Å². The molecule has 2 atom stereocenters. The van der Waals surface area contributed by atoms with Gasteiger partial charge in [0, 0.05) is 25.2 Å². The molecule has 2 N–H and O–H groups in total. The van der Waals surface area contributed by atoms with Gasteiger partial charge in [-0.15, -0.1) is 0 Å². The Morgan fingerprint density at radius 1 is 1.22 bits per heavy atom. The third-order valence-corrected chi connectivity index (χ3v) is 4.32. The Balaban J connectivity index is 2.32. The summed E-state index contributed by atoms with van der Waals surface area (Å²) in [5.41, 5.74) is 0.142. The molecule has 0 aromatic carbocycles. The third-order valence-electron chi connectivity index (χ3n) is 4.32. The molecule has 2 unspecified atom stereocenters. The van der Waals surface area contributed by atoms with Gasteiger partial charge in [-0.25, -0.2) is 0 Å². The highest BCUT2D eigenvalue weighted by molar-refractivity contribution is 4.87. The first-order valence-electron chi connectivity index (χ1n) is 7.52. The molecule has 1 aliphatic rings. The van der Waals surface area contributed by atoms with E-state index in [9.17, 15) is 5.11 Å². The van der Waals surface area contributed by atoms with Crippen molar-refractivity contribution in [3.05, 3.63) is 0 Å². The van der Waals surface area contributed by atoms with Crippen molar-refractivity contribution in [1.29, 1.82) is 0 Å². The minimum atomic E-state index is 0.142. The first-order valence-corrected chi connectivity index (χ1v) is 7.52. The monoisotopic (exact) mass is 257 g/mol. The zero-order valence-corrected chi connectivity index (χ0v) is 12.2. The Bertz CT molecular complexity index is 223. The van der Waals surface area contributed by atoms with Crippen molar-refractivity contribution in [2.24, 2.45) is 11.3 Å². The van der Waals surface area contributed by atoms with E-state index >= 15 is 0 Å². The average Bonchev–Trinajstić information content (AvgIpc) is 2.34. The van der Waals surface area contributed by atoms with Crippen LogP contribution in [0.2, 0.25) is 0 Å². The topological polar surface area (TPSA) is 43.7 Å². The second kappa shape index (κ2) is 8.13. The van der Waals surface area contributed by atoms with Gasteiger partial charge in [0.1, 0.15) is 0 Å². The highest BCUT2D eigenvalue weighted by Crippen LogP contribution is 2.39. The molecule has 0 spiro atoms. The number of hydrogen-bond acceptors (Lipinski definition) is 3. The summed E-state index contributed by atoms with van der Waals surface area (Å²) >= 11 is 0. The lowest BCUT2D eigenvalue weighted by Gasteiger charge is -2.41. The van der Waals surface area contributed by atoms with Crippen LogP contribution in [0.25, 0.3) is 0 Å². The molecule has 0 radical (unpaired) electrons. The van der Waals surface area contributed by atoms with Gasteiger partial charge in [-0.3, -0.25) is 0 Å². The first kappa shape index (κ1) is 15.9. The standard InChI is InChI=1S/C15H31NO2/c1-14-7-6-8-15(11-14,13-18)12-16(2)9-4-3-5-10-17/h14,17-18H,3-13H2,1-2H3. The summed E-state index contributed by atoms with van der Waals surface area (Å²) in [6.45, 7) is 5.05. The van der Waals surface area contributed by atoms with E-state index in [1.54, 1.807) is 0 Å². The second-order valence-corrected chi connectivity index (χ2v) is 6.38. The van der Waals surface area contributed by atoms with Gasteiger partial charge in [0.15, 0.2) is 0 Å². The van der Waals surface area contributed by atoms with E-state index in [1.165, 1.54) is 25.7 Å². The summed E-state index contributed by atoms with van der Waals surface area (Å²) < 4.78 is 0. The molecule has 0 heterocycles. The number of hydrogen-bond donors (Lipinski definition) is 2. The van der Waals surface area contributed by atoms with Crippen LogP contribution in [0, 0.1) is 11.3 Å². The Hall–Kier alpha value is -0.120. The summed E-state index contributed by atoms with van der Waals surface area (Å²) in [7, 11) is 2.16. The molecule has 1 fully saturated rings. The van der Waals surface area contributed by atoms with Crippen molar-refractivity contribution < 1.29 is 10.2 Å². The van der Waals surface area contributed by atoms with Gasteiger partial charge in [-0.1, -0.05) is 19.8 Å². The van der Waals surface area contributed by atoms with Crippen molar-refractivity contribution >= 4 is 0 Å². The van der Waals surface area contributed by atoms with Crippen molar-refractivity contribution in [1.82, 2.24) is 4.90 Å². The van der Waals surface area contributed by atoms with Crippen LogP contribution in [0.1, 0.15) is 51.9 Å². The molecule has 1 aliphatic carbocycles. The molecule has 108 valence electrons. The number of nitrogens with zero attached hydrogens (tertiary/aromatic N) is 1. The molecule has 3 nitrogen and oxygen atoms in total. The molecule has 0 aromatic rings. The molecule has 0 aliphatic heterocycles. The third kappa shape index (κ3) is 5.25. The second-order valence-electron chi connectivity index (χ2n) is 6.38. The number of rotatable bonds is 8. The maximum Gasteiger partial charge on any atom is 0.0499 e. The van der Waals surface area contributed by atoms with Gasteiger partial charge in [0.05, 0.1) is 0 Å². The summed E-state index contributed by atoms with van der Waals surface area (Å²) in [5, 5.41) is 18.5. The van der Waals surface area contributed by atoms with E-state index in [1.807, 2.05) is 0 Å². The maximum atomic E-state index is 9.76. The van der Waals surface area contributed by atoms with Crippen LogP contribution in [-0.2, 0) is 0 Å². The van der Waals surface area contributed by atoms with Crippen molar-refractivity contribution in [3.8, 4) is 0 Å². The van der Waals surface area contributed by atoms with Gasteiger partial charge >= 0.3 is 0 Å². The summed E-state index contributed by atoms with van der Waals surface area (Å²) in [6.07, 6.45) is 8.09. The fourth-order valence-electron chi connectivity index (χ4n) is 3.43. The smallest absolute Gasteiger partial charge is 0.0499 e. The van der Waals surface area contributed by atoms with Crippen LogP contribution >= 0.6 is 0 Å². The van der Waals surface area contributed by atoms with Gasteiger partial charge < -0.3 is 15.1 Å². The van der Waals surface area contributed by atoms with Crippen LogP contribution in [0.5, 0.6) is 0 Å². The normalized spacial score (nSPS) is 28.8. The zero-order chi connectivity index (χ0) is 13.4. The molecule has 18 heavy (non-hydrogen) atoms. The Labute approximate surface area is 112 Å². The van der Waals surface area contributed by atoms with Crippen LogP contribution in [-0.4, -0.2) is 48.5 Å². The van der Waals surface area contributed by atoms with E-state index in [-0.39, 0.29) is 5.41 Å². The minimum Gasteiger partial charge on any atom is -0.396 e. The minimum absolute atomic E-state index is 0.142. The number of aliphatic hydroxyl groups excluding tert-OH is 2. The number of unbranched alkanes of at least 4 members (excludes halogenated alkanes) is 2. The molecular weight excluding hydrogens is 226 g/mol. The summed E-state index contributed by atoms with van der Waals surface area (Å²) in [4.78, 5) is 2.37. The summed E-state index contributed by atoms with van der Waals surface area (Å²) in [5.74, 6) is 0.758. The van der Waals surface area contributed by atoms with Crippen LogP contribution < -0.4 is 0 Å². The lowest BCUT2D eigenvalue weighted by Crippen LogP contribution is -2.42. The van der Waals surface area contributed by atoms with Crippen LogP contribution in [0.15, 0.2) is 0 Å². The predicted molar refractivity (Wildman–Crippen MR) is 75.6 cm³/mol. The SMILES string of the molecule is CC1CCCC(CO)(CN(C)CCCCCO)C1. The van der Waals surface area contributed by atoms with E-state index in [0.29, 0.717) is 13.2 Å². The molecule has 0 saturated heterocycles. The van der Waals surface area contributed by atoms with E-state index in [4.69, 9.17) is 5.11 Å². The molecule has 3 heteroatoms. The lowest BCUT2D eigenvalue weighted by atomic mass is 9.70. The largest absolute Gasteiger partial charge is 0.396 e. The van der Waals surface area contributed by atoms with E-state index in [0.717, 1.165) is 38.3 Å². The van der Waals surface area contributed by atoms with Gasteiger partial charge in [0.2, 0.25) is 0 Å². The van der Waals surface area contributed by atoms with Crippen LogP contribution in [0.4, 0.5) is 0 Å². The zero-order valence-electron chi connectivity index (χ0n) is 12.2. The maximum absolute atomic E-state index is 9.76. The van der Waals surface area contributed by atoms with Crippen molar-refractivity contribution in [2.45, 2.75) is 51.9 Å². The van der Waals surface area contributed by atoms with E-state index in [2.05, 4.69) is 18.9 Å². The fourth-order valence-corrected chi connectivity index (χ4v) is 3.43. The molecule has 1 rings (SSSR count). The van der Waals surface area contributed by atoms with Crippen molar-refractivity contribution in [2.75, 3.05) is 33.4 Å². The Kier molecular flexibility index (Phi) is 7.20. The predicted octanol–water partition coefficient (Wildman–Crippen LogP) is 2.27.